The van der Waals surface area contributed by atoms with E-state index in [9.17, 15) is 4.79 Å². The predicted molar refractivity (Wildman–Crippen MR) is 91.4 cm³/mol. The van der Waals surface area contributed by atoms with E-state index in [2.05, 4.69) is 32.2 Å². The molecule has 1 N–H and O–H groups in total. The fourth-order valence-corrected chi connectivity index (χ4v) is 2.33. The van der Waals surface area contributed by atoms with Gasteiger partial charge < -0.3 is 5.32 Å². The van der Waals surface area contributed by atoms with Gasteiger partial charge >= 0.3 is 0 Å². The topological polar surface area (TPSA) is 29.1 Å². The molecule has 0 radical (unpaired) electrons. The van der Waals surface area contributed by atoms with E-state index in [1.165, 1.54) is 30.4 Å². The average Bonchev–Trinajstić information content (AvgIpc) is 2.54. The normalized spacial score (nSPS) is 13.0. The molecule has 0 aliphatic heterocycles. The Labute approximate surface area is 129 Å². The molecule has 0 saturated carbocycles. The first-order valence-electron chi connectivity index (χ1n) is 8.13. The molecule has 0 heterocycles. The monoisotopic (exact) mass is 287 g/mol. The van der Waals surface area contributed by atoms with Crippen molar-refractivity contribution >= 4 is 11.5 Å². The van der Waals surface area contributed by atoms with Crippen LogP contribution in [0.4, 0.5) is 0 Å². The summed E-state index contributed by atoms with van der Waals surface area (Å²) in [5, 5.41) is 3.07. The smallest absolute Gasteiger partial charge is 0.251 e. The lowest BCUT2D eigenvalue weighted by atomic mass is 9.99. The molecule has 1 aromatic carbocycles. The quantitative estimate of drug-likeness (QED) is 0.711. The summed E-state index contributed by atoms with van der Waals surface area (Å²) in [5.41, 5.74) is 3.14. The Kier molecular flexibility index (Phi) is 7.81. The van der Waals surface area contributed by atoms with Gasteiger partial charge in [0.2, 0.25) is 0 Å². The number of hydrogen-bond acceptors (Lipinski definition) is 1. The summed E-state index contributed by atoms with van der Waals surface area (Å²) >= 11 is 0. The second-order valence-corrected chi connectivity index (χ2v) is 5.68. The summed E-state index contributed by atoms with van der Waals surface area (Å²) in [6, 6.07) is 7.84. The highest BCUT2D eigenvalue weighted by Crippen LogP contribution is 2.15. The molecule has 0 fully saturated rings. The van der Waals surface area contributed by atoms with Crippen LogP contribution in [-0.4, -0.2) is 12.5 Å². The Morgan fingerprint density at radius 2 is 1.81 bits per heavy atom. The number of allylic oxidation sites excluding steroid dienone is 2. The lowest BCUT2D eigenvalue weighted by Crippen LogP contribution is -2.29. The van der Waals surface area contributed by atoms with E-state index in [0.717, 1.165) is 18.5 Å². The summed E-state index contributed by atoms with van der Waals surface area (Å²) in [7, 11) is 0. The molecule has 1 aromatic rings. The van der Waals surface area contributed by atoms with Crippen LogP contribution in [0.1, 0.15) is 69.3 Å². The van der Waals surface area contributed by atoms with Gasteiger partial charge in [0.15, 0.2) is 0 Å². The molecule has 0 saturated heterocycles. The van der Waals surface area contributed by atoms with Gasteiger partial charge in [0.25, 0.3) is 5.91 Å². The number of hydrogen-bond donors (Lipinski definition) is 1. The van der Waals surface area contributed by atoms with Crippen molar-refractivity contribution in [3.63, 3.8) is 0 Å². The average molecular weight is 287 g/mol. The summed E-state index contributed by atoms with van der Waals surface area (Å²) in [5.74, 6) is 0.632. The Bertz CT molecular complexity index is 459. The van der Waals surface area contributed by atoms with E-state index in [4.69, 9.17) is 0 Å². The highest BCUT2D eigenvalue weighted by molar-refractivity contribution is 5.94. The number of benzene rings is 1. The van der Waals surface area contributed by atoms with E-state index < -0.39 is 0 Å². The van der Waals surface area contributed by atoms with Crippen LogP contribution in [-0.2, 0) is 0 Å². The number of carbonyl (C=O) groups is 1. The van der Waals surface area contributed by atoms with Crippen LogP contribution in [0.5, 0.6) is 0 Å². The molecule has 0 bridgehead atoms. The van der Waals surface area contributed by atoms with Gasteiger partial charge in [-0.2, -0.15) is 0 Å². The zero-order valence-corrected chi connectivity index (χ0v) is 13.9. The number of unbranched alkanes of at least 4 members (excludes halogenated alkanes) is 1. The second-order valence-electron chi connectivity index (χ2n) is 5.68. The Morgan fingerprint density at radius 3 is 2.33 bits per heavy atom. The molecular formula is C19H29NO. The maximum absolute atomic E-state index is 12.2. The van der Waals surface area contributed by atoms with E-state index >= 15 is 0 Å². The molecule has 1 amide bonds. The van der Waals surface area contributed by atoms with Crippen molar-refractivity contribution in [3.8, 4) is 0 Å². The molecule has 1 unspecified atom stereocenters. The fraction of sp³-hybridized carbons (Fsp3) is 0.526. The van der Waals surface area contributed by atoms with Crippen LogP contribution in [0.25, 0.3) is 5.57 Å². The van der Waals surface area contributed by atoms with Crippen molar-refractivity contribution in [3.05, 3.63) is 41.5 Å². The lowest BCUT2D eigenvalue weighted by Gasteiger charge is -2.15. The molecule has 0 aliphatic rings. The molecule has 116 valence electrons. The SMILES string of the molecule is C/C=C(\C)c1ccc(C(=O)NCC(CC)CCCC)cc1. The van der Waals surface area contributed by atoms with Crippen LogP contribution < -0.4 is 5.32 Å². The number of carbonyl (C=O) groups excluding carboxylic acids is 1. The van der Waals surface area contributed by atoms with Crippen molar-refractivity contribution in [1.29, 1.82) is 0 Å². The van der Waals surface area contributed by atoms with Crippen molar-refractivity contribution in [2.45, 2.75) is 53.4 Å². The summed E-state index contributed by atoms with van der Waals surface area (Å²) in [6.07, 6.45) is 6.86. The largest absolute Gasteiger partial charge is 0.352 e. The minimum Gasteiger partial charge on any atom is -0.352 e. The summed E-state index contributed by atoms with van der Waals surface area (Å²) < 4.78 is 0. The van der Waals surface area contributed by atoms with Gasteiger partial charge in [-0.3, -0.25) is 4.79 Å². The first-order chi connectivity index (χ1) is 10.1. The highest BCUT2D eigenvalue weighted by Gasteiger charge is 2.10. The first kappa shape index (κ1) is 17.5. The zero-order chi connectivity index (χ0) is 15.7. The lowest BCUT2D eigenvalue weighted by molar-refractivity contribution is 0.0946. The molecule has 1 atom stereocenters. The van der Waals surface area contributed by atoms with Crippen molar-refractivity contribution in [2.75, 3.05) is 6.54 Å². The predicted octanol–water partition coefficient (Wildman–Crippen LogP) is 5.06. The third-order valence-corrected chi connectivity index (χ3v) is 4.13. The molecule has 2 nitrogen and oxygen atoms in total. The van der Waals surface area contributed by atoms with E-state index in [1.807, 2.05) is 31.2 Å². The summed E-state index contributed by atoms with van der Waals surface area (Å²) in [6.45, 7) is 9.29. The van der Waals surface area contributed by atoms with Gasteiger partial charge in [-0.25, -0.2) is 0 Å². The third kappa shape index (κ3) is 5.74. The Hall–Kier alpha value is -1.57. The van der Waals surface area contributed by atoms with E-state index in [1.54, 1.807) is 0 Å². The molecule has 0 aliphatic carbocycles. The van der Waals surface area contributed by atoms with Crippen molar-refractivity contribution in [1.82, 2.24) is 5.32 Å². The number of nitrogens with one attached hydrogen (secondary N) is 1. The molecule has 21 heavy (non-hydrogen) atoms. The molecule has 0 spiro atoms. The maximum atomic E-state index is 12.2. The zero-order valence-electron chi connectivity index (χ0n) is 13.9. The fourth-order valence-electron chi connectivity index (χ4n) is 2.33. The van der Waals surface area contributed by atoms with Crippen LogP contribution >= 0.6 is 0 Å². The highest BCUT2D eigenvalue weighted by atomic mass is 16.1. The Morgan fingerprint density at radius 1 is 1.19 bits per heavy atom. The van der Waals surface area contributed by atoms with Gasteiger partial charge in [-0.1, -0.05) is 51.3 Å². The molecule has 2 heteroatoms. The maximum Gasteiger partial charge on any atom is 0.251 e. The second kappa shape index (κ2) is 9.38. The first-order valence-corrected chi connectivity index (χ1v) is 8.13. The van der Waals surface area contributed by atoms with Crippen LogP contribution in [0, 0.1) is 5.92 Å². The van der Waals surface area contributed by atoms with Gasteiger partial charge in [-0.05, 0) is 49.5 Å². The van der Waals surface area contributed by atoms with Crippen LogP contribution in [0.3, 0.4) is 0 Å². The summed E-state index contributed by atoms with van der Waals surface area (Å²) in [4.78, 5) is 12.2. The Balaban J connectivity index is 2.55. The van der Waals surface area contributed by atoms with Gasteiger partial charge in [-0.15, -0.1) is 0 Å². The minimum absolute atomic E-state index is 0.0367. The third-order valence-electron chi connectivity index (χ3n) is 4.13. The molecule has 1 rings (SSSR count). The van der Waals surface area contributed by atoms with Gasteiger partial charge in [0, 0.05) is 12.1 Å². The number of rotatable bonds is 8. The standard InChI is InChI=1S/C19H29NO/c1-5-8-9-16(7-3)14-20-19(21)18-12-10-17(11-13-18)15(4)6-2/h6,10-13,16H,5,7-9,14H2,1-4H3,(H,20,21)/b15-6+. The molecular weight excluding hydrogens is 258 g/mol. The van der Waals surface area contributed by atoms with Gasteiger partial charge in [0.05, 0.1) is 0 Å². The molecule has 0 aromatic heterocycles. The van der Waals surface area contributed by atoms with Gasteiger partial charge in [0.1, 0.15) is 0 Å². The number of amides is 1. The van der Waals surface area contributed by atoms with Crippen molar-refractivity contribution in [2.24, 2.45) is 5.92 Å². The van der Waals surface area contributed by atoms with Crippen LogP contribution in [0.15, 0.2) is 30.3 Å². The van der Waals surface area contributed by atoms with Crippen molar-refractivity contribution < 1.29 is 4.79 Å². The minimum atomic E-state index is 0.0367. The van der Waals surface area contributed by atoms with E-state index in [-0.39, 0.29) is 5.91 Å². The van der Waals surface area contributed by atoms with Crippen LogP contribution in [0.2, 0.25) is 0 Å². The van der Waals surface area contributed by atoms with E-state index in [0.29, 0.717) is 5.92 Å².